The summed E-state index contributed by atoms with van der Waals surface area (Å²) in [4.78, 5) is 14.0. The van der Waals surface area contributed by atoms with Crippen molar-refractivity contribution in [2.24, 2.45) is 0 Å². The zero-order valence-electron chi connectivity index (χ0n) is 15.7. The summed E-state index contributed by atoms with van der Waals surface area (Å²) >= 11 is 0. The molecule has 26 heavy (non-hydrogen) atoms. The van der Waals surface area contributed by atoms with E-state index >= 15 is 0 Å². The Hall–Kier alpha value is -2.40. The number of hydrogen-bond acceptors (Lipinski definition) is 4. The van der Waals surface area contributed by atoms with Crippen molar-refractivity contribution in [2.75, 3.05) is 38.6 Å². The summed E-state index contributed by atoms with van der Waals surface area (Å²) in [5.41, 5.74) is 2.37. The summed E-state index contributed by atoms with van der Waals surface area (Å²) < 4.78 is 2.33. The van der Waals surface area contributed by atoms with Gasteiger partial charge in [0.15, 0.2) is 0 Å². The molecule has 0 bridgehead atoms. The van der Waals surface area contributed by atoms with Crippen molar-refractivity contribution in [3.05, 3.63) is 54.7 Å². The minimum Gasteiger partial charge on any atom is -0.370 e. The van der Waals surface area contributed by atoms with E-state index < -0.39 is 0 Å². The molecule has 5 nitrogen and oxygen atoms in total. The highest BCUT2D eigenvalue weighted by Gasteiger charge is 2.25. The van der Waals surface area contributed by atoms with Gasteiger partial charge in [-0.1, -0.05) is 18.2 Å². The maximum absolute atomic E-state index is 4.71. The quantitative estimate of drug-likeness (QED) is 0.708. The number of imidazole rings is 1. The molecule has 0 N–H and O–H groups in total. The third kappa shape index (κ3) is 3.44. The van der Waals surface area contributed by atoms with Crippen molar-refractivity contribution < 1.29 is 0 Å². The molecule has 3 aromatic rings. The van der Waals surface area contributed by atoms with E-state index in [9.17, 15) is 0 Å². The molecule has 1 saturated heterocycles. The van der Waals surface area contributed by atoms with E-state index in [0.29, 0.717) is 5.92 Å². The molecule has 0 amide bonds. The van der Waals surface area contributed by atoms with Gasteiger partial charge in [0.2, 0.25) is 0 Å². The summed E-state index contributed by atoms with van der Waals surface area (Å²) in [5.74, 6) is 1.71. The van der Waals surface area contributed by atoms with Crippen molar-refractivity contribution >= 4 is 16.6 Å². The van der Waals surface area contributed by atoms with Gasteiger partial charge in [-0.3, -0.25) is 4.98 Å². The number of nitrogens with zero attached hydrogens (tertiary/aromatic N) is 5. The maximum Gasteiger partial charge on any atom is 0.113 e. The number of anilines is 1. The van der Waals surface area contributed by atoms with Gasteiger partial charge in [0.25, 0.3) is 0 Å². The number of para-hydroxylation sites is 1. The average Bonchev–Trinajstić information content (AvgIpc) is 3.15. The molecule has 1 aliphatic rings. The van der Waals surface area contributed by atoms with Gasteiger partial charge in [0.1, 0.15) is 5.82 Å². The molecule has 3 heterocycles. The largest absolute Gasteiger partial charge is 0.370 e. The van der Waals surface area contributed by atoms with Crippen LogP contribution in [0.3, 0.4) is 0 Å². The zero-order chi connectivity index (χ0) is 17.9. The first-order valence-corrected chi connectivity index (χ1v) is 9.47. The number of rotatable bonds is 5. The van der Waals surface area contributed by atoms with E-state index in [4.69, 9.17) is 4.98 Å². The Morgan fingerprint density at radius 2 is 2.00 bits per heavy atom. The second kappa shape index (κ2) is 7.46. The van der Waals surface area contributed by atoms with E-state index in [0.717, 1.165) is 31.7 Å². The first kappa shape index (κ1) is 17.0. The maximum atomic E-state index is 4.71. The highest BCUT2D eigenvalue weighted by Crippen LogP contribution is 2.32. The van der Waals surface area contributed by atoms with Gasteiger partial charge in [0.05, 0.1) is 5.52 Å². The number of aromatic nitrogens is 3. The van der Waals surface area contributed by atoms with Crippen LogP contribution >= 0.6 is 0 Å². The van der Waals surface area contributed by atoms with Crippen molar-refractivity contribution in [3.8, 4) is 0 Å². The summed E-state index contributed by atoms with van der Waals surface area (Å²) in [6.45, 7) is 4.15. The van der Waals surface area contributed by atoms with Crippen LogP contribution in [-0.2, 0) is 6.54 Å². The highest BCUT2D eigenvalue weighted by molar-refractivity contribution is 5.91. The van der Waals surface area contributed by atoms with Crippen LogP contribution in [0.2, 0.25) is 0 Å². The Bertz CT molecular complexity index is 864. The van der Waals surface area contributed by atoms with Crippen molar-refractivity contribution in [1.82, 2.24) is 19.4 Å². The van der Waals surface area contributed by atoms with Crippen LogP contribution in [0.25, 0.3) is 10.9 Å². The molecular weight excluding hydrogens is 322 g/mol. The van der Waals surface area contributed by atoms with Gasteiger partial charge < -0.3 is 14.4 Å². The SMILES string of the molecule is CN(C)CCn1ccnc1[C@@H]1CCCN(c2ccnc3ccccc23)C1. The van der Waals surface area contributed by atoms with E-state index in [1.165, 1.54) is 29.7 Å². The van der Waals surface area contributed by atoms with Crippen LogP contribution in [0.15, 0.2) is 48.9 Å². The third-order valence-electron chi connectivity index (χ3n) is 5.29. The van der Waals surface area contributed by atoms with Crippen molar-refractivity contribution in [1.29, 1.82) is 0 Å². The van der Waals surface area contributed by atoms with E-state index in [-0.39, 0.29) is 0 Å². The first-order chi connectivity index (χ1) is 12.7. The predicted molar refractivity (Wildman–Crippen MR) is 107 cm³/mol. The normalized spacial score (nSPS) is 18.0. The minimum absolute atomic E-state index is 0.479. The molecule has 1 aromatic carbocycles. The Labute approximate surface area is 155 Å². The molecule has 2 aromatic heterocycles. The summed E-state index contributed by atoms with van der Waals surface area (Å²) in [5, 5.41) is 1.24. The van der Waals surface area contributed by atoms with Gasteiger partial charge in [-0.15, -0.1) is 0 Å². The lowest BCUT2D eigenvalue weighted by molar-refractivity contribution is 0.373. The molecule has 4 rings (SSSR count). The van der Waals surface area contributed by atoms with Crippen LogP contribution < -0.4 is 4.90 Å². The van der Waals surface area contributed by atoms with E-state index in [2.05, 4.69) is 70.0 Å². The van der Waals surface area contributed by atoms with Gasteiger partial charge in [0, 0.05) is 61.8 Å². The standard InChI is InChI=1S/C21H27N5/c1-24(2)14-15-25-13-11-23-21(25)17-6-5-12-26(16-17)20-9-10-22-19-8-4-3-7-18(19)20/h3-4,7-11,13,17H,5-6,12,14-16H2,1-2H3/t17-/m1/s1. The number of piperidine rings is 1. The second-order valence-electron chi connectivity index (χ2n) is 7.41. The lowest BCUT2D eigenvalue weighted by Crippen LogP contribution is -2.35. The Morgan fingerprint density at radius 1 is 1.12 bits per heavy atom. The summed E-state index contributed by atoms with van der Waals surface area (Å²) in [7, 11) is 4.24. The fraction of sp³-hybridized carbons (Fsp3) is 0.429. The summed E-state index contributed by atoms with van der Waals surface area (Å²) in [6, 6.07) is 10.6. The molecule has 5 heteroatoms. The number of fused-ring (bicyclic) bond motifs is 1. The van der Waals surface area contributed by atoms with Crippen LogP contribution in [0.4, 0.5) is 5.69 Å². The Morgan fingerprint density at radius 3 is 2.88 bits per heavy atom. The van der Waals surface area contributed by atoms with E-state index in [1.54, 1.807) is 0 Å². The molecule has 0 spiro atoms. The van der Waals surface area contributed by atoms with Crippen LogP contribution in [0.5, 0.6) is 0 Å². The molecule has 0 unspecified atom stereocenters. The predicted octanol–water partition coefficient (Wildman–Crippen LogP) is 3.38. The molecule has 1 aliphatic heterocycles. The van der Waals surface area contributed by atoms with E-state index in [1.807, 2.05) is 12.4 Å². The zero-order valence-corrected chi connectivity index (χ0v) is 15.7. The second-order valence-corrected chi connectivity index (χ2v) is 7.41. The monoisotopic (exact) mass is 349 g/mol. The molecule has 136 valence electrons. The Kier molecular flexibility index (Phi) is 4.89. The molecule has 0 saturated carbocycles. The van der Waals surface area contributed by atoms with Gasteiger partial charge in [-0.2, -0.15) is 0 Å². The van der Waals surface area contributed by atoms with Crippen LogP contribution in [0.1, 0.15) is 24.6 Å². The lowest BCUT2D eigenvalue weighted by Gasteiger charge is -2.35. The van der Waals surface area contributed by atoms with Crippen molar-refractivity contribution in [3.63, 3.8) is 0 Å². The lowest BCUT2D eigenvalue weighted by atomic mass is 9.96. The van der Waals surface area contributed by atoms with Gasteiger partial charge in [-0.05, 0) is 39.1 Å². The molecule has 0 radical (unpaired) electrons. The number of pyridine rings is 1. The molecule has 0 aliphatic carbocycles. The molecular formula is C21H27N5. The summed E-state index contributed by atoms with van der Waals surface area (Å²) in [6.07, 6.45) is 8.41. The van der Waals surface area contributed by atoms with Crippen molar-refractivity contribution in [2.45, 2.75) is 25.3 Å². The average molecular weight is 349 g/mol. The number of benzene rings is 1. The Balaban J connectivity index is 1.58. The fourth-order valence-corrected chi connectivity index (χ4v) is 3.94. The first-order valence-electron chi connectivity index (χ1n) is 9.47. The van der Waals surface area contributed by atoms with Gasteiger partial charge in [-0.25, -0.2) is 4.98 Å². The number of likely N-dealkylation sites (N-methyl/N-ethyl adjacent to an activating group) is 1. The topological polar surface area (TPSA) is 37.2 Å². The third-order valence-corrected chi connectivity index (χ3v) is 5.29. The molecule has 1 fully saturated rings. The molecule has 1 atom stereocenters. The minimum atomic E-state index is 0.479. The van der Waals surface area contributed by atoms with Gasteiger partial charge >= 0.3 is 0 Å². The van der Waals surface area contributed by atoms with Crippen LogP contribution in [0, 0.1) is 0 Å². The fourth-order valence-electron chi connectivity index (χ4n) is 3.94. The smallest absolute Gasteiger partial charge is 0.113 e. The number of hydrogen-bond donors (Lipinski definition) is 0. The van der Waals surface area contributed by atoms with Crippen LogP contribution in [-0.4, -0.2) is 53.2 Å². The highest BCUT2D eigenvalue weighted by atomic mass is 15.2.